The Balaban J connectivity index is 1.34. The zero-order valence-corrected chi connectivity index (χ0v) is 18.9. The molecule has 0 aromatic heterocycles. The van der Waals surface area contributed by atoms with Crippen molar-refractivity contribution in [2.75, 3.05) is 38.2 Å². The molecule has 32 heavy (non-hydrogen) atoms. The molecule has 1 saturated heterocycles. The Morgan fingerprint density at radius 2 is 1.94 bits per heavy atom. The zero-order valence-electron chi connectivity index (χ0n) is 18.9. The number of nitrogens with one attached hydrogen (secondary N) is 2. The van der Waals surface area contributed by atoms with Crippen molar-refractivity contribution in [2.45, 2.75) is 38.9 Å². The van der Waals surface area contributed by atoms with Crippen molar-refractivity contribution >= 4 is 17.5 Å². The highest BCUT2D eigenvalue weighted by Crippen LogP contribution is 2.27. The van der Waals surface area contributed by atoms with Crippen LogP contribution in [0.15, 0.2) is 42.5 Å². The van der Waals surface area contributed by atoms with E-state index in [-0.39, 0.29) is 18.2 Å². The maximum atomic E-state index is 12.7. The van der Waals surface area contributed by atoms with Crippen molar-refractivity contribution in [1.82, 2.24) is 15.5 Å². The van der Waals surface area contributed by atoms with Gasteiger partial charge in [-0.05, 0) is 48.2 Å². The summed E-state index contributed by atoms with van der Waals surface area (Å²) in [7, 11) is 2.10. The van der Waals surface area contributed by atoms with Crippen LogP contribution in [0.1, 0.15) is 30.0 Å². The summed E-state index contributed by atoms with van der Waals surface area (Å²) in [5.74, 6) is 0.640. The van der Waals surface area contributed by atoms with Gasteiger partial charge in [0.15, 0.2) is 0 Å². The first kappa shape index (κ1) is 22.1. The van der Waals surface area contributed by atoms with E-state index >= 15 is 0 Å². The first-order valence-electron chi connectivity index (χ1n) is 11.4. The van der Waals surface area contributed by atoms with Gasteiger partial charge in [-0.1, -0.05) is 24.3 Å². The van der Waals surface area contributed by atoms with Crippen LogP contribution in [0.5, 0.6) is 5.75 Å². The molecule has 2 amide bonds. The minimum atomic E-state index is -0.469. The summed E-state index contributed by atoms with van der Waals surface area (Å²) in [6, 6.07) is 13.8. The molecule has 2 N–H and O–H groups in total. The molecule has 170 valence electrons. The largest absolute Gasteiger partial charge is 0.494 e. The number of rotatable bonds is 8. The van der Waals surface area contributed by atoms with Gasteiger partial charge in [0.1, 0.15) is 5.75 Å². The number of hydrogen-bond acceptors (Lipinski definition) is 5. The topological polar surface area (TPSA) is 73.9 Å². The maximum absolute atomic E-state index is 12.7. The Morgan fingerprint density at radius 1 is 1.16 bits per heavy atom. The Morgan fingerprint density at radius 3 is 2.72 bits per heavy atom. The molecule has 4 rings (SSSR count). The van der Waals surface area contributed by atoms with E-state index in [4.69, 9.17) is 4.74 Å². The lowest BCUT2D eigenvalue weighted by atomic mass is 10.1. The SMILES string of the molecule is CCOc1ccc(CN2CCNC(=O)C2CC(=O)NCc2ccc3c(c2)CCN3C)cc1. The summed E-state index contributed by atoms with van der Waals surface area (Å²) in [6.45, 7) is 6.03. The van der Waals surface area contributed by atoms with Crippen LogP contribution in [-0.4, -0.2) is 56.0 Å². The van der Waals surface area contributed by atoms with Gasteiger partial charge in [-0.25, -0.2) is 0 Å². The van der Waals surface area contributed by atoms with E-state index in [1.807, 2.05) is 31.2 Å². The average molecular weight is 437 g/mol. The fraction of sp³-hybridized carbons (Fsp3) is 0.440. The number of carbonyl (C=O) groups excluding carboxylic acids is 2. The third kappa shape index (κ3) is 5.22. The number of nitrogens with zero attached hydrogens (tertiary/aromatic N) is 2. The van der Waals surface area contributed by atoms with Crippen LogP contribution in [-0.2, 0) is 29.1 Å². The number of ether oxygens (including phenoxy) is 1. The van der Waals surface area contributed by atoms with Gasteiger partial charge in [-0.2, -0.15) is 0 Å². The van der Waals surface area contributed by atoms with Crippen molar-refractivity contribution in [3.63, 3.8) is 0 Å². The van der Waals surface area contributed by atoms with Gasteiger partial charge in [-0.15, -0.1) is 0 Å². The third-order valence-electron chi connectivity index (χ3n) is 6.20. The molecule has 0 bridgehead atoms. The quantitative estimate of drug-likeness (QED) is 0.663. The highest BCUT2D eigenvalue weighted by atomic mass is 16.5. The first-order valence-corrected chi connectivity index (χ1v) is 11.4. The van der Waals surface area contributed by atoms with Crippen LogP contribution < -0.4 is 20.3 Å². The molecule has 2 aliphatic heterocycles. The average Bonchev–Trinajstić information content (AvgIpc) is 3.16. The highest BCUT2D eigenvalue weighted by molar-refractivity contribution is 5.88. The zero-order chi connectivity index (χ0) is 22.5. The lowest BCUT2D eigenvalue weighted by Gasteiger charge is -2.34. The number of likely N-dealkylation sites (N-methyl/N-ethyl adjacent to an activating group) is 1. The van der Waals surface area contributed by atoms with Crippen LogP contribution in [0.25, 0.3) is 0 Å². The molecule has 1 fully saturated rings. The molecule has 0 radical (unpaired) electrons. The number of fused-ring (bicyclic) bond motifs is 1. The van der Waals surface area contributed by atoms with Gasteiger partial charge in [0.05, 0.1) is 19.1 Å². The molecule has 1 atom stereocenters. The van der Waals surface area contributed by atoms with Crippen molar-refractivity contribution in [1.29, 1.82) is 0 Å². The van der Waals surface area contributed by atoms with Crippen molar-refractivity contribution in [3.05, 3.63) is 59.2 Å². The second-order valence-electron chi connectivity index (χ2n) is 8.47. The molecular weight excluding hydrogens is 404 g/mol. The fourth-order valence-corrected chi connectivity index (χ4v) is 4.44. The van der Waals surface area contributed by atoms with Crippen molar-refractivity contribution < 1.29 is 14.3 Å². The van der Waals surface area contributed by atoms with E-state index in [0.29, 0.717) is 26.2 Å². The van der Waals surface area contributed by atoms with Gasteiger partial charge < -0.3 is 20.3 Å². The predicted molar refractivity (Wildman–Crippen MR) is 125 cm³/mol. The second kappa shape index (κ2) is 10.0. The lowest BCUT2D eigenvalue weighted by Crippen LogP contribution is -2.56. The number of piperazine rings is 1. The molecule has 7 nitrogen and oxygen atoms in total. The number of carbonyl (C=O) groups is 2. The lowest BCUT2D eigenvalue weighted by molar-refractivity contribution is -0.134. The van der Waals surface area contributed by atoms with Crippen LogP contribution >= 0.6 is 0 Å². The second-order valence-corrected chi connectivity index (χ2v) is 8.47. The monoisotopic (exact) mass is 436 g/mol. The predicted octanol–water partition coefficient (Wildman–Crippen LogP) is 2.08. The highest BCUT2D eigenvalue weighted by Gasteiger charge is 2.31. The van der Waals surface area contributed by atoms with Crippen LogP contribution in [0.4, 0.5) is 5.69 Å². The summed E-state index contributed by atoms with van der Waals surface area (Å²) in [4.78, 5) is 29.6. The normalized spacial score (nSPS) is 18.2. The molecule has 0 spiro atoms. The molecule has 2 aliphatic rings. The summed E-state index contributed by atoms with van der Waals surface area (Å²) in [5.41, 5.74) is 4.78. The number of anilines is 1. The Bertz CT molecular complexity index is 960. The van der Waals surface area contributed by atoms with Crippen molar-refractivity contribution in [3.8, 4) is 5.75 Å². The molecule has 1 unspecified atom stereocenters. The molecule has 0 aliphatic carbocycles. The minimum absolute atomic E-state index is 0.0853. The van der Waals surface area contributed by atoms with Gasteiger partial charge in [0.2, 0.25) is 11.8 Å². The van der Waals surface area contributed by atoms with Crippen LogP contribution in [0.3, 0.4) is 0 Å². The maximum Gasteiger partial charge on any atom is 0.237 e. The molecule has 2 aromatic carbocycles. The van der Waals surface area contributed by atoms with E-state index in [2.05, 4.69) is 45.7 Å². The van der Waals surface area contributed by atoms with E-state index in [9.17, 15) is 9.59 Å². The van der Waals surface area contributed by atoms with E-state index in [1.54, 1.807) is 0 Å². The summed E-state index contributed by atoms with van der Waals surface area (Å²) < 4.78 is 5.50. The first-order chi connectivity index (χ1) is 15.5. The summed E-state index contributed by atoms with van der Waals surface area (Å²) >= 11 is 0. The van der Waals surface area contributed by atoms with Gasteiger partial charge in [-0.3, -0.25) is 14.5 Å². The minimum Gasteiger partial charge on any atom is -0.494 e. The van der Waals surface area contributed by atoms with E-state index < -0.39 is 6.04 Å². The smallest absolute Gasteiger partial charge is 0.237 e. The molecular formula is C25H32N4O3. The van der Waals surface area contributed by atoms with Crippen LogP contribution in [0, 0.1) is 0 Å². The van der Waals surface area contributed by atoms with E-state index in [0.717, 1.165) is 36.4 Å². The Kier molecular flexibility index (Phi) is 6.95. The Hall–Kier alpha value is -3.06. The summed E-state index contributed by atoms with van der Waals surface area (Å²) in [5, 5.41) is 5.90. The molecule has 2 heterocycles. The Labute approximate surface area is 189 Å². The van der Waals surface area contributed by atoms with Gasteiger partial charge in [0.25, 0.3) is 0 Å². The molecule has 7 heteroatoms. The molecule has 2 aromatic rings. The molecule has 0 saturated carbocycles. The third-order valence-corrected chi connectivity index (χ3v) is 6.20. The fourth-order valence-electron chi connectivity index (χ4n) is 4.44. The van der Waals surface area contributed by atoms with Gasteiger partial charge >= 0.3 is 0 Å². The van der Waals surface area contributed by atoms with Gasteiger partial charge in [0, 0.05) is 45.5 Å². The van der Waals surface area contributed by atoms with Crippen LogP contribution in [0.2, 0.25) is 0 Å². The summed E-state index contributed by atoms with van der Waals surface area (Å²) in [6.07, 6.45) is 1.19. The standard InChI is InChI=1S/C25H32N4O3/c1-3-32-21-7-4-18(5-8-21)17-29-13-11-26-25(31)23(29)15-24(30)27-16-19-6-9-22-20(14-19)10-12-28(22)2/h4-9,14,23H,3,10-13,15-17H2,1-2H3,(H,26,31)(H,27,30). The number of benzene rings is 2. The van der Waals surface area contributed by atoms with Crippen molar-refractivity contribution in [2.24, 2.45) is 0 Å². The number of hydrogen-bond donors (Lipinski definition) is 2. The number of amides is 2. The van der Waals surface area contributed by atoms with E-state index in [1.165, 1.54) is 11.3 Å².